The first kappa shape index (κ1) is 12.4. The van der Waals surface area contributed by atoms with Crippen LogP contribution in [0.2, 0.25) is 0 Å². The first-order valence-corrected chi connectivity index (χ1v) is 6.67. The molecular formula is C15H18FN3. The molecule has 1 aliphatic carbocycles. The molecular weight excluding hydrogens is 241 g/mol. The standard InChI is InChI=1S/C15H18FN3/c1-19-10-11(9-18-19)8-17-15-6-13(7-15)12-3-2-4-14(16)5-12/h2-5,9-10,13,15,17H,6-8H2,1H3. The number of rotatable bonds is 4. The maximum absolute atomic E-state index is 13.1. The zero-order chi connectivity index (χ0) is 13.2. The van der Waals surface area contributed by atoms with Crippen LogP contribution in [-0.4, -0.2) is 15.8 Å². The van der Waals surface area contributed by atoms with Crippen molar-refractivity contribution in [2.24, 2.45) is 7.05 Å². The molecule has 1 fully saturated rings. The fraction of sp³-hybridized carbons (Fsp3) is 0.400. The molecule has 100 valence electrons. The van der Waals surface area contributed by atoms with Crippen molar-refractivity contribution in [3.05, 3.63) is 53.6 Å². The summed E-state index contributed by atoms with van der Waals surface area (Å²) in [5, 5.41) is 7.66. The molecule has 1 aliphatic rings. The lowest BCUT2D eigenvalue weighted by Gasteiger charge is -2.36. The molecule has 0 radical (unpaired) electrons. The first-order chi connectivity index (χ1) is 9.20. The van der Waals surface area contributed by atoms with Gasteiger partial charge in [-0.2, -0.15) is 5.10 Å². The smallest absolute Gasteiger partial charge is 0.123 e. The number of aryl methyl sites for hydroxylation is 1. The Labute approximate surface area is 112 Å². The summed E-state index contributed by atoms with van der Waals surface area (Å²) < 4.78 is 14.9. The molecule has 0 spiro atoms. The fourth-order valence-electron chi connectivity index (χ4n) is 2.64. The zero-order valence-corrected chi connectivity index (χ0v) is 11.0. The van der Waals surface area contributed by atoms with Gasteiger partial charge in [-0.3, -0.25) is 4.68 Å². The van der Waals surface area contributed by atoms with Crippen LogP contribution in [0, 0.1) is 5.82 Å². The zero-order valence-electron chi connectivity index (χ0n) is 11.0. The van der Waals surface area contributed by atoms with Gasteiger partial charge in [-0.05, 0) is 36.5 Å². The average molecular weight is 259 g/mol. The van der Waals surface area contributed by atoms with Gasteiger partial charge < -0.3 is 5.32 Å². The normalized spacial score (nSPS) is 22.2. The van der Waals surface area contributed by atoms with Gasteiger partial charge in [0.25, 0.3) is 0 Å². The molecule has 1 heterocycles. The summed E-state index contributed by atoms with van der Waals surface area (Å²) in [7, 11) is 1.92. The largest absolute Gasteiger partial charge is 0.310 e. The van der Waals surface area contributed by atoms with E-state index in [1.54, 1.807) is 12.1 Å². The molecule has 0 aliphatic heterocycles. The van der Waals surface area contributed by atoms with Gasteiger partial charge in [-0.15, -0.1) is 0 Å². The third-order valence-corrected chi connectivity index (χ3v) is 3.81. The van der Waals surface area contributed by atoms with Crippen molar-refractivity contribution in [2.75, 3.05) is 0 Å². The molecule has 1 N–H and O–H groups in total. The Kier molecular flexibility index (Phi) is 3.34. The highest BCUT2D eigenvalue weighted by Gasteiger charge is 2.29. The van der Waals surface area contributed by atoms with Crippen molar-refractivity contribution in [3.8, 4) is 0 Å². The molecule has 0 amide bonds. The summed E-state index contributed by atoms with van der Waals surface area (Å²) in [6, 6.07) is 7.50. The van der Waals surface area contributed by atoms with E-state index < -0.39 is 0 Å². The summed E-state index contributed by atoms with van der Waals surface area (Å²) in [4.78, 5) is 0. The molecule has 0 atom stereocenters. The molecule has 1 aromatic heterocycles. The minimum atomic E-state index is -0.135. The molecule has 0 unspecified atom stereocenters. The molecule has 1 aromatic carbocycles. The van der Waals surface area contributed by atoms with Crippen molar-refractivity contribution in [3.63, 3.8) is 0 Å². The molecule has 4 heteroatoms. The number of halogens is 1. The summed E-state index contributed by atoms with van der Waals surface area (Å²) in [5.41, 5.74) is 2.33. The van der Waals surface area contributed by atoms with Crippen LogP contribution in [0.15, 0.2) is 36.7 Å². The van der Waals surface area contributed by atoms with Crippen LogP contribution >= 0.6 is 0 Å². The summed E-state index contributed by atoms with van der Waals surface area (Å²) >= 11 is 0. The topological polar surface area (TPSA) is 29.9 Å². The first-order valence-electron chi connectivity index (χ1n) is 6.67. The lowest BCUT2D eigenvalue weighted by Crippen LogP contribution is -2.39. The van der Waals surface area contributed by atoms with Crippen LogP contribution in [0.25, 0.3) is 0 Å². The molecule has 19 heavy (non-hydrogen) atoms. The monoisotopic (exact) mass is 259 g/mol. The van der Waals surface area contributed by atoms with Crippen molar-refractivity contribution >= 4 is 0 Å². The number of hydrogen-bond acceptors (Lipinski definition) is 2. The number of aromatic nitrogens is 2. The van der Waals surface area contributed by atoms with Gasteiger partial charge in [0.2, 0.25) is 0 Å². The van der Waals surface area contributed by atoms with E-state index in [-0.39, 0.29) is 5.82 Å². The van der Waals surface area contributed by atoms with Gasteiger partial charge in [0.05, 0.1) is 6.20 Å². The highest BCUT2D eigenvalue weighted by atomic mass is 19.1. The summed E-state index contributed by atoms with van der Waals surface area (Å²) in [5.74, 6) is 0.367. The van der Waals surface area contributed by atoms with Crippen LogP contribution in [0.3, 0.4) is 0 Å². The molecule has 2 aromatic rings. The van der Waals surface area contributed by atoms with Gasteiger partial charge in [0.1, 0.15) is 5.82 Å². The average Bonchev–Trinajstić information content (AvgIpc) is 2.73. The SMILES string of the molecule is Cn1cc(CNC2CC(c3cccc(F)c3)C2)cn1. The van der Waals surface area contributed by atoms with Crippen molar-refractivity contribution in [1.29, 1.82) is 0 Å². The van der Waals surface area contributed by atoms with Crippen molar-refractivity contribution in [2.45, 2.75) is 31.3 Å². The van der Waals surface area contributed by atoms with Gasteiger partial charge in [0, 0.05) is 31.4 Å². The van der Waals surface area contributed by atoms with Crippen LogP contribution in [-0.2, 0) is 13.6 Å². The maximum Gasteiger partial charge on any atom is 0.123 e. The van der Waals surface area contributed by atoms with Crippen LogP contribution < -0.4 is 5.32 Å². The Balaban J connectivity index is 1.48. The van der Waals surface area contributed by atoms with Crippen LogP contribution in [0.5, 0.6) is 0 Å². The molecule has 1 saturated carbocycles. The van der Waals surface area contributed by atoms with E-state index in [0.29, 0.717) is 12.0 Å². The Bertz CT molecular complexity index is 558. The highest BCUT2D eigenvalue weighted by molar-refractivity contribution is 5.23. The maximum atomic E-state index is 13.1. The predicted molar refractivity (Wildman–Crippen MR) is 72.2 cm³/mol. The third kappa shape index (κ3) is 2.84. The lowest BCUT2D eigenvalue weighted by molar-refractivity contribution is 0.289. The van der Waals surface area contributed by atoms with Crippen LogP contribution in [0.1, 0.15) is 29.9 Å². The Hall–Kier alpha value is -1.68. The fourth-order valence-corrected chi connectivity index (χ4v) is 2.64. The molecule has 0 saturated heterocycles. The number of nitrogens with one attached hydrogen (secondary N) is 1. The van der Waals surface area contributed by atoms with E-state index in [2.05, 4.69) is 10.4 Å². The number of benzene rings is 1. The molecule has 3 nitrogen and oxygen atoms in total. The second-order valence-electron chi connectivity index (χ2n) is 5.32. The summed E-state index contributed by atoms with van der Waals surface area (Å²) in [6.07, 6.45) is 6.08. The number of hydrogen-bond donors (Lipinski definition) is 1. The molecule has 0 bridgehead atoms. The van der Waals surface area contributed by atoms with E-state index in [0.717, 1.165) is 24.9 Å². The number of nitrogens with zero attached hydrogens (tertiary/aromatic N) is 2. The third-order valence-electron chi connectivity index (χ3n) is 3.81. The van der Waals surface area contributed by atoms with Crippen molar-refractivity contribution in [1.82, 2.24) is 15.1 Å². The van der Waals surface area contributed by atoms with E-state index >= 15 is 0 Å². The summed E-state index contributed by atoms with van der Waals surface area (Å²) in [6.45, 7) is 0.856. The minimum absolute atomic E-state index is 0.135. The van der Waals surface area contributed by atoms with E-state index in [4.69, 9.17) is 0 Å². The van der Waals surface area contributed by atoms with Gasteiger partial charge >= 0.3 is 0 Å². The highest BCUT2D eigenvalue weighted by Crippen LogP contribution is 2.37. The minimum Gasteiger partial charge on any atom is -0.310 e. The van der Waals surface area contributed by atoms with Crippen LogP contribution in [0.4, 0.5) is 4.39 Å². The van der Waals surface area contributed by atoms with Gasteiger partial charge in [-0.1, -0.05) is 12.1 Å². The Morgan fingerprint density at radius 3 is 2.95 bits per heavy atom. The predicted octanol–water partition coefficient (Wildman–Crippen LogP) is 2.60. The second kappa shape index (κ2) is 5.13. The second-order valence-corrected chi connectivity index (χ2v) is 5.32. The van der Waals surface area contributed by atoms with Gasteiger partial charge in [0.15, 0.2) is 0 Å². The van der Waals surface area contributed by atoms with E-state index in [9.17, 15) is 4.39 Å². The lowest BCUT2D eigenvalue weighted by atomic mass is 9.76. The quantitative estimate of drug-likeness (QED) is 0.914. The Morgan fingerprint density at radius 2 is 2.26 bits per heavy atom. The Morgan fingerprint density at radius 1 is 1.42 bits per heavy atom. The van der Waals surface area contributed by atoms with Gasteiger partial charge in [-0.25, -0.2) is 4.39 Å². The van der Waals surface area contributed by atoms with E-state index in [1.807, 2.05) is 30.2 Å². The van der Waals surface area contributed by atoms with Crippen molar-refractivity contribution < 1.29 is 4.39 Å². The van der Waals surface area contributed by atoms with E-state index in [1.165, 1.54) is 11.6 Å². The molecule has 3 rings (SSSR count).